The van der Waals surface area contributed by atoms with Gasteiger partial charge in [0.25, 0.3) is 5.91 Å². The van der Waals surface area contributed by atoms with Crippen LogP contribution in [0, 0.1) is 5.92 Å². The second-order valence-corrected chi connectivity index (χ2v) is 7.06. The van der Waals surface area contributed by atoms with E-state index in [1.54, 1.807) is 25.0 Å². The zero-order valence-corrected chi connectivity index (χ0v) is 16.9. The maximum absolute atomic E-state index is 13.2. The number of esters is 1. The van der Waals surface area contributed by atoms with Crippen molar-refractivity contribution in [1.29, 1.82) is 0 Å². The number of rotatable bonds is 5. The van der Waals surface area contributed by atoms with E-state index in [4.69, 9.17) is 9.47 Å². The van der Waals surface area contributed by atoms with Crippen LogP contribution in [0.3, 0.4) is 0 Å². The molecule has 9 heteroatoms. The topological polar surface area (TPSA) is 98.9 Å². The highest BCUT2D eigenvalue weighted by Crippen LogP contribution is 2.32. The molecule has 0 saturated carbocycles. The minimum atomic E-state index is -0.191. The van der Waals surface area contributed by atoms with Crippen LogP contribution in [0.25, 0.3) is 16.8 Å². The highest BCUT2D eigenvalue weighted by Gasteiger charge is 2.30. The molecule has 4 rings (SSSR count). The number of likely N-dealkylation sites (tertiary alicyclic amines) is 1. The average molecular weight is 409 g/mol. The lowest BCUT2D eigenvalue weighted by molar-refractivity contribution is -0.149. The number of para-hydroxylation sites is 1. The van der Waals surface area contributed by atoms with E-state index in [1.807, 2.05) is 24.3 Å². The van der Waals surface area contributed by atoms with Crippen LogP contribution < -0.4 is 4.74 Å². The molecule has 2 aromatic heterocycles. The smallest absolute Gasteiger partial charge is 0.309 e. The lowest BCUT2D eigenvalue weighted by Gasteiger charge is -2.30. The molecule has 3 aromatic rings. The Morgan fingerprint density at radius 3 is 2.67 bits per heavy atom. The molecule has 0 spiro atoms. The van der Waals surface area contributed by atoms with E-state index in [2.05, 4.69) is 15.3 Å². The van der Waals surface area contributed by atoms with Gasteiger partial charge in [-0.2, -0.15) is 9.61 Å². The molecule has 0 radical (unpaired) electrons. The number of methoxy groups -OCH3 is 1. The molecule has 30 heavy (non-hydrogen) atoms. The number of hydrogen-bond acceptors (Lipinski definition) is 7. The van der Waals surface area contributed by atoms with Gasteiger partial charge < -0.3 is 14.4 Å². The van der Waals surface area contributed by atoms with E-state index >= 15 is 0 Å². The Labute approximate surface area is 173 Å². The van der Waals surface area contributed by atoms with E-state index in [-0.39, 0.29) is 23.5 Å². The quantitative estimate of drug-likeness (QED) is 0.596. The number of amides is 1. The first-order chi connectivity index (χ1) is 14.6. The number of benzene rings is 1. The van der Waals surface area contributed by atoms with Crippen LogP contribution in [-0.4, -0.2) is 63.4 Å². The zero-order chi connectivity index (χ0) is 21.1. The Morgan fingerprint density at radius 1 is 1.17 bits per heavy atom. The molecule has 0 N–H and O–H groups in total. The van der Waals surface area contributed by atoms with Gasteiger partial charge in [0.1, 0.15) is 17.8 Å². The van der Waals surface area contributed by atoms with Crippen LogP contribution >= 0.6 is 0 Å². The summed E-state index contributed by atoms with van der Waals surface area (Å²) in [4.78, 5) is 26.8. The predicted molar refractivity (Wildman–Crippen MR) is 108 cm³/mol. The SMILES string of the molecule is CCOC(=O)C1CCN(C(=O)c2cc(-c3ccccc3OC)c3nncn3n2)CC1. The number of piperidine rings is 1. The van der Waals surface area contributed by atoms with Crippen LogP contribution in [0.1, 0.15) is 30.3 Å². The molecule has 1 fully saturated rings. The molecule has 1 amide bonds. The number of carbonyl (C=O) groups is 2. The van der Waals surface area contributed by atoms with Crippen molar-refractivity contribution >= 4 is 17.5 Å². The van der Waals surface area contributed by atoms with Crippen molar-refractivity contribution in [3.8, 4) is 16.9 Å². The van der Waals surface area contributed by atoms with E-state index in [0.29, 0.717) is 49.5 Å². The van der Waals surface area contributed by atoms with Crippen molar-refractivity contribution in [2.24, 2.45) is 5.92 Å². The van der Waals surface area contributed by atoms with Crippen molar-refractivity contribution in [2.75, 3.05) is 26.8 Å². The largest absolute Gasteiger partial charge is 0.496 e. The molecule has 1 aliphatic heterocycles. The fraction of sp³-hybridized carbons (Fsp3) is 0.381. The maximum atomic E-state index is 13.2. The molecule has 0 atom stereocenters. The third kappa shape index (κ3) is 3.70. The van der Waals surface area contributed by atoms with Gasteiger partial charge in [-0.15, -0.1) is 10.2 Å². The Morgan fingerprint density at radius 2 is 1.93 bits per heavy atom. The van der Waals surface area contributed by atoms with Crippen molar-refractivity contribution < 1.29 is 19.1 Å². The summed E-state index contributed by atoms with van der Waals surface area (Å²) in [6.45, 7) is 3.12. The second kappa shape index (κ2) is 8.48. The van der Waals surface area contributed by atoms with E-state index < -0.39 is 0 Å². The monoisotopic (exact) mass is 409 g/mol. The van der Waals surface area contributed by atoms with Crippen LogP contribution in [0.2, 0.25) is 0 Å². The van der Waals surface area contributed by atoms with Gasteiger partial charge in [-0.1, -0.05) is 18.2 Å². The van der Waals surface area contributed by atoms with Crippen molar-refractivity contribution in [1.82, 2.24) is 24.7 Å². The summed E-state index contributed by atoms with van der Waals surface area (Å²) in [5.74, 6) is 0.129. The number of aromatic nitrogens is 4. The average Bonchev–Trinajstić information content (AvgIpc) is 3.27. The highest BCUT2D eigenvalue weighted by molar-refractivity contribution is 5.95. The Balaban J connectivity index is 1.62. The van der Waals surface area contributed by atoms with E-state index in [1.165, 1.54) is 10.8 Å². The molecular weight excluding hydrogens is 386 g/mol. The molecule has 0 aliphatic carbocycles. The number of hydrogen-bond donors (Lipinski definition) is 0. The molecule has 156 valence electrons. The number of carbonyl (C=O) groups excluding carboxylic acids is 2. The van der Waals surface area contributed by atoms with Gasteiger partial charge in [0, 0.05) is 24.2 Å². The lowest BCUT2D eigenvalue weighted by Crippen LogP contribution is -2.41. The van der Waals surface area contributed by atoms with Gasteiger partial charge in [-0.25, -0.2) is 0 Å². The van der Waals surface area contributed by atoms with Gasteiger partial charge >= 0.3 is 5.97 Å². The highest BCUT2D eigenvalue weighted by atomic mass is 16.5. The first-order valence-electron chi connectivity index (χ1n) is 9.92. The summed E-state index contributed by atoms with van der Waals surface area (Å²) in [6.07, 6.45) is 2.63. The fourth-order valence-electron chi connectivity index (χ4n) is 3.74. The summed E-state index contributed by atoms with van der Waals surface area (Å²) in [7, 11) is 1.60. The standard InChI is InChI=1S/C21H23N5O4/c1-3-30-21(28)14-8-10-25(11-9-14)20(27)17-12-16(19-23-22-13-26(19)24-17)15-6-4-5-7-18(15)29-2/h4-7,12-14H,3,8-11H2,1-2H3. The normalized spacial score (nSPS) is 14.7. The molecule has 1 aliphatic rings. The summed E-state index contributed by atoms with van der Waals surface area (Å²) < 4.78 is 12.1. The third-order valence-corrected chi connectivity index (χ3v) is 5.29. The minimum absolute atomic E-state index is 0.161. The van der Waals surface area contributed by atoms with Gasteiger partial charge in [-0.05, 0) is 31.9 Å². The molecule has 0 bridgehead atoms. The Hall–Kier alpha value is -3.49. The van der Waals surface area contributed by atoms with Crippen molar-refractivity contribution in [3.05, 3.63) is 42.4 Å². The van der Waals surface area contributed by atoms with Crippen molar-refractivity contribution in [2.45, 2.75) is 19.8 Å². The molecule has 3 heterocycles. The first kappa shape index (κ1) is 19.8. The molecular formula is C21H23N5O4. The summed E-state index contributed by atoms with van der Waals surface area (Å²) >= 11 is 0. The summed E-state index contributed by atoms with van der Waals surface area (Å²) in [5, 5.41) is 12.5. The van der Waals surface area contributed by atoms with Gasteiger partial charge in [0.15, 0.2) is 5.65 Å². The summed E-state index contributed by atoms with van der Waals surface area (Å²) in [6, 6.07) is 9.25. The van der Waals surface area contributed by atoms with Crippen LogP contribution in [0.15, 0.2) is 36.7 Å². The molecule has 0 unspecified atom stereocenters. The van der Waals surface area contributed by atoms with Gasteiger partial charge in [0.05, 0.1) is 19.6 Å². The number of fused-ring (bicyclic) bond motifs is 1. The Bertz CT molecular complexity index is 1070. The van der Waals surface area contributed by atoms with Crippen molar-refractivity contribution in [3.63, 3.8) is 0 Å². The number of ether oxygens (including phenoxy) is 2. The predicted octanol–water partition coefficient (Wildman–Crippen LogP) is 2.22. The zero-order valence-electron chi connectivity index (χ0n) is 16.9. The molecule has 1 saturated heterocycles. The minimum Gasteiger partial charge on any atom is -0.496 e. The second-order valence-electron chi connectivity index (χ2n) is 7.06. The number of nitrogens with zero attached hydrogens (tertiary/aromatic N) is 5. The van der Waals surface area contributed by atoms with Gasteiger partial charge in [0.2, 0.25) is 0 Å². The van der Waals surface area contributed by atoms with E-state index in [0.717, 1.165) is 5.56 Å². The first-order valence-corrected chi connectivity index (χ1v) is 9.92. The Kier molecular flexibility index (Phi) is 5.60. The van der Waals surface area contributed by atoms with Crippen LogP contribution in [-0.2, 0) is 9.53 Å². The maximum Gasteiger partial charge on any atom is 0.309 e. The summed E-state index contributed by atoms with van der Waals surface area (Å²) in [5.41, 5.74) is 2.34. The fourth-order valence-corrected chi connectivity index (χ4v) is 3.74. The van der Waals surface area contributed by atoms with E-state index in [9.17, 15) is 9.59 Å². The third-order valence-electron chi connectivity index (χ3n) is 5.29. The lowest BCUT2D eigenvalue weighted by atomic mass is 9.96. The molecule has 9 nitrogen and oxygen atoms in total. The molecule has 1 aromatic carbocycles. The van der Waals surface area contributed by atoms with Crippen LogP contribution in [0.4, 0.5) is 0 Å². The van der Waals surface area contributed by atoms with Gasteiger partial charge in [-0.3, -0.25) is 9.59 Å². The van der Waals surface area contributed by atoms with Crippen LogP contribution in [0.5, 0.6) is 5.75 Å².